The Labute approximate surface area is 143 Å². The molecule has 2 aromatic heterocycles. The van der Waals surface area contributed by atoms with E-state index < -0.39 is 0 Å². The summed E-state index contributed by atoms with van der Waals surface area (Å²) in [5, 5.41) is 7.01. The number of amides is 1. The number of nitrogens with one attached hydrogen (secondary N) is 1. The van der Waals surface area contributed by atoms with E-state index in [-0.39, 0.29) is 5.91 Å². The molecule has 2 heterocycles. The molecule has 0 aliphatic carbocycles. The van der Waals surface area contributed by atoms with Gasteiger partial charge in [0.05, 0.1) is 5.56 Å². The molecule has 3 rings (SSSR count). The van der Waals surface area contributed by atoms with E-state index in [1.807, 2.05) is 51.2 Å². The molecule has 0 aliphatic rings. The Morgan fingerprint density at radius 1 is 1.22 bits per heavy atom. The van der Waals surface area contributed by atoms with Crippen molar-refractivity contribution in [2.24, 2.45) is 7.05 Å². The molecule has 23 heavy (non-hydrogen) atoms. The summed E-state index contributed by atoms with van der Waals surface area (Å²) in [4.78, 5) is 12.5. The van der Waals surface area contributed by atoms with Gasteiger partial charge in [-0.25, -0.2) is 0 Å². The van der Waals surface area contributed by atoms with Gasteiger partial charge in [-0.3, -0.25) is 9.48 Å². The van der Waals surface area contributed by atoms with Crippen LogP contribution in [0.3, 0.4) is 0 Å². The number of anilines is 1. The van der Waals surface area contributed by atoms with E-state index in [0.29, 0.717) is 11.4 Å². The molecule has 0 unspecified atom stereocenters. The molecule has 0 atom stereocenters. The first-order chi connectivity index (χ1) is 11.0. The van der Waals surface area contributed by atoms with Crippen molar-refractivity contribution >= 4 is 27.7 Å². The molecule has 0 aliphatic heterocycles. The lowest BCUT2D eigenvalue weighted by atomic mass is 10.2. The Morgan fingerprint density at radius 3 is 2.65 bits per heavy atom. The van der Waals surface area contributed by atoms with Gasteiger partial charge in [0.25, 0.3) is 5.91 Å². The van der Waals surface area contributed by atoms with Gasteiger partial charge < -0.3 is 9.88 Å². The number of aryl methyl sites for hydroxylation is 2. The summed E-state index contributed by atoms with van der Waals surface area (Å²) < 4.78 is 4.72. The molecule has 1 N–H and O–H groups in total. The Balaban J connectivity index is 1.95. The third kappa shape index (κ3) is 3.07. The van der Waals surface area contributed by atoms with E-state index in [4.69, 9.17) is 0 Å². The molecule has 0 radical (unpaired) electrons. The van der Waals surface area contributed by atoms with Crippen LogP contribution >= 0.6 is 15.9 Å². The van der Waals surface area contributed by atoms with Crippen LogP contribution in [0.15, 0.2) is 47.1 Å². The van der Waals surface area contributed by atoms with E-state index >= 15 is 0 Å². The molecular formula is C17H17BrN4O. The van der Waals surface area contributed by atoms with Crippen LogP contribution in [-0.2, 0) is 7.05 Å². The Kier molecular flexibility index (Phi) is 4.09. The van der Waals surface area contributed by atoms with E-state index in [9.17, 15) is 4.79 Å². The number of carbonyl (C=O) groups is 1. The van der Waals surface area contributed by atoms with Gasteiger partial charge in [0.2, 0.25) is 0 Å². The molecular weight excluding hydrogens is 356 g/mol. The third-order valence-corrected chi connectivity index (χ3v) is 4.19. The van der Waals surface area contributed by atoms with Gasteiger partial charge in [-0.05, 0) is 38.1 Å². The van der Waals surface area contributed by atoms with Crippen molar-refractivity contribution in [1.29, 1.82) is 0 Å². The van der Waals surface area contributed by atoms with Crippen LogP contribution in [0.5, 0.6) is 0 Å². The summed E-state index contributed by atoms with van der Waals surface area (Å²) in [5.41, 5.74) is 3.57. The lowest BCUT2D eigenvalue weighted by Gasteiger charge is -2.10. The van der Waals surface area contributed by atoms with E-state index in [1.54, 1.807) is 16.9 Å². The predicted molar refractivity (Wildman–Crippen MR) is 94.1 cm³/mol. The molecule has 1 aromatic carbocycles. The molecule has 0 bridgehead atoms. The summed E-state index contributed by atoms with van der Waals surface area (Å²) in [6, 6.07) is 11.7. The van der Waals surface area contributed by atoms with Gasteiger partial charge in [0.15, 0.2) is 5.82 Å². The molecule has 0 spiro atoms. The standard InChI is InChI=1S/C17H17BrN4O/c1-11-9-15(17(23)19-16-7-8-21(3)20-16)12(2)22(11)14-6-4-5-13(18)10-14/h4-10H,1-3H3,(H,19,20,23). The zero-order valence-electron chi connectivity index (χ0n) is 13.2. The second kappa shape index (κ2) is 6.04. The quantitative estimate of drug-likeness (QED) is 0.759. The first-order valence-corrected chi connectivity index (χ1v) is 8.01. The molecule has 118 valence electrons. The Bertz CT molecular complexity index is 879. The second-order valence-corrected chi connectivity index (χ2v) is 6.34. The van der Waals surface area contributed by atoms with Crippen LogP contribution in [0, 0.1) is 13.8 Å². The van der Waals surface area contributed by atoms with Gasteiger partial charge in [-0.1, -0.05) is 22.0 Å². The molecule has 0 saturated heterocycles. The van der Waals surface area contributed by atoms with Crippen molar-refractivity contribution in [3.05, 3.63) is 64.0 Å². The van der Waals surface area contributed by atoms with Crippen LogP contribution in [0.1, 0.15) is 21.7 Å². The Hall–Kier alpha value is -2.34. The summed E-state index contributed by atoms with van der Waals surface area (Å²) >= 11 is 3.49. The van der Waals surface area contributed by atoms with Gasteiger partial charge in [-0.2, -0.15) is 5.10 Å². The van der Waals surface area contributed by atoms with Crippen molar-refractivity contribution in [2.45, 2.75) is 13.8 Å². The minimum absolute atomic E-state index is 0.155. The zero-order chi connectivity index (χ0) is 16.6. The summed E-state index contributed by atoms with van der Waals surface area (Å²) in [7, 11) is 1.81. The average molecular weight is 373 g/mol. The monoisotopic (exact) mass is 372 g/mol. The first kappa shape index (κ1) is 15.6. The van der Waals surface area contributed by atoms with Crippen molar-refractivity contribution in [2.75, 3.05) is 5.32 Å². The first-order valence-electron chi connectivity index (χ1n) is 7.21. The summed E-state index contributed by atoms with van der Waals surface area (Å²) in [5.74, 6) is 0.391. The summed E-state index contributed by atoms with van der Waals surface area (Å²) in [6.07, 6.45) is 1.79. The number of halogens is 1. The molecule has 3 aromatic rings. The highest BCUT2D eigenvalue weighted by Gasteiger charge is 2.17. The van der Waals surface area contributed by atoms with Gasteiger partial charge >= 0.3 is 0 Å². The maximum absolute atomic E-state index is 12.5. The van der Waals surface area contributed by atoms with Gasteiger partial charge in [0.1, 0.15) is 0 Å². The van der Waals surface area contributed by atoms with Crippen molar-refractivity contribution in [3.8, 4) is 5.69 Å². The predicted octanol–water partition coefficient (Wildman–Crippen LogP) is 3.84. The van der Waals surface area contributed by atoms with Gasteiger partial charge in [-0.15, -0.1) is 0 Å². The topological polar surface area (TPSA) is 51.9 Å². The molecule has 0 fully saturated rings. The normalized spacial score (nSPS) is 10.8. The Morgan fingerprint density at radius 2 is 2.00 bits per heavy atom. The fraction of sp³-hybridized carbons (Fsp3) is 0.176. The fourth-order valence-electron chi connectivity index (χ4n) is 2.67. The van der Waals surface area contributed by atoms with E-state index in [2.05, 4.69) is 30.9 Å². The number of hydrogen-bond acceptors (Lipinski definition) is 2. The number of benzene rings is 1. The summed E-state index contributed by atoms with van der Waals surface area (Å²) in [6.45, 7) is 3.94. The minimum atomic E-state index is -0.155. The van der Waals surface area contributed by atoms with Crippen LogP contribution < -0.4 is 5.32 Å². The maximum atomic E-state index is 12.5. The molecule has 5 nitrogen and oxygen atoms in total. The maximum Gasteiger partial charge on any atom is 0.258 e. The highest BCUT2D eigenvalue weighted by atomic mass is 79.9. The van der Waals surface area contributed by atoms with Gasteiger partial charge in [0, 0.05) is 40.9 Å². The van der Waals surface area contributed by atoms with Crippen LogP contribution in [0.25, 0.3) is 5.69 Å². The fourth-order valence-corrected chi connectivity index (χ4v) is 3.06. The lowest BCUT2D eigenvalue weighted by molar-refractivity contribution is 0.102. The van der Waals surface area contributed by atoms with Crippen LogP contribution in [0.4, 0.5) is 5.82 Å². The number of aromatic nitrogens is 3. The minimum Gasteiger partial charge on any atom is -0.318 e. The molecule has 1 amide bonds. The molecule has 6 heteroatoms. The lowest BCUT2D eigenvalue weighted by Crippen LogP contribution is -2.13. The van der Waals surface area contributed by atoms with E-state index in [0.717, 1.165) is 21.5 Å². The van der Waals surface area contributed by atoms with E-state index in [1.165, 1.54) is 0 Å². The van der Waals surface area contributed by atoms with Crippen molar-refractivity contribution in [3.63, 3.8) is 0 Å². The zero-order valence-corrected chi connectivity index (χ0v) is 14.8. The van der Waals surface area contributed by atoms with Crippen molar-refractivity contribution < 1.29 is 4.79 Å². The smallest absolute Gasteiger partial charge is 0.258 e. The number of carbonyl (C=O) groups excluding carboxylic acids is 1. The number of rotatable bonds is 3. The van der Waals surface area contributed by atoms with Crippen LogP contribution in [0.2, 0.25) is 0 Å². The second-order valence-electron chi connectivity index (χ2n) is 5.43. The SMILES string of the molecule is Cc1cc(C(=O)Nc2ccn(C)n2)c(C)n1-c1cccc(Br)c1. The molecule has 0 saturated carbocycles. The van der Waals surface area contributed by atoms with Crippen molar-refractivity contribution in [1.82, 2.24) is 14.3 Å². The largest absolute Gasteiger partial charge is 0.318 e. The third-order valence-electron chi connectivity index (χ3n) is 3.70. The highest BCUT2D eigenvalue weighted by molar-refractivity contribution is 9.10. The number of hydrogen-bond donors (Lipinski definition) is 1. The van der Waals surface area contributed by atoms with Crippen LogP contribution in [-0.4, -0.2) is 20.3 Å². The number of nitrogens with zero attached hydrogens (tertiary/aromatic N) is 3. The highest BCUT2D eigenvalue weighted by Crippen LogP contribution is 2.23. The average Bonchev–Trinajstić information content (AvgIpc) is 3.02.